The predicted octanol–water partition coefficient (Wildman–Crippen LogP) is 0.0557. The molecule has 1 fully saturated rings. The molecule has 2 rings (SSSR count). The van der Waals surface area contributed by atoms with Gasteiger partial charge in [0.1, 0.15) is 17.9 Å². The average molecular weight is 208 g/mol. The Balaban J connectivity index is 2.07. The third-order valence-electron chi connectivity index (χ3n) is 3.42. The minimum atomic E-state index is -0.258. The largest absolute Gasteiger partial charge is 0.329 e. The number of rotatable bonds is 4. The fourth-order valence-corrected chi connectivity index (χ4v) is 2.01. The number of ketones is 1. The van der Waals surface area contributed by atoms with E-state index in [0.717, 1.165) is 25.1 Å². The number of carbonyl (C=O) groups excluding carboxylic acids is 1. The molecule has 2 N–H and O–H groups in total. The highest BCUT2D eigenvalue weighted by Gasteiger charge is 2.42. The first-order chi connectivity index (χ1) is 7.18. The molecule has 0 bridgehead atoms. The molecule has 0 spiro atoms. The van der Waals surface area contributed by atoms with Crippen molar-refractivity contribution in [2.45, 2.75) is 25.7 Å². The van der Waals surface area contributed by atoms with Crippen LogP contribution in [0.5, 0.6) is 0 Å². The molecule has 0 saturated heterocycles. The average Bonchev–Trinajstić information content (AvgIpc) is 2.51. The molecule has 1 aromatic heterocycles. The van der Waals surface area contributed by atoms with Crippen molar-refractivity contribution < 1.29 is 4.79 Å². The maximum absolute atomic E-state index is 12.0. The highest BCUT2D eigenvalue weighted by molar-refractivity contribution is 5.87. The van der Waals surface area contributed by atoms with E-state index in [0.29, 0.717) is 13.0 Å². The predicted molar refractivity (Wildman–Crippen MR) is 55.1 cm³/mol. The minimum absolute atomic E-state index is 0.215. The summed E-state index contributed by atoms with van der Waals surface area (Å²) < 4.78 is 1.64. The number of aryl methyl sites for hydroxylation is 1. The second-order valence-corrected chi connectivity index (χ2v) is 4.24. The van der Waals surface area contributed by atoms with Gasteiger partial charge in [-0.15, -0.1) is 0 Å². The molecule has 0 aromatic carbocycles. The molecule has 1 aliphatic rings. The minimum Gasteiger partial charge on any atom is -0.329 e. The first-order valence-electron chi connectivity index (χ1n) is 5.24. The van der Waals surface area contributed by atoms with Crippen LogP contribution in [-0.2, 0) is 18.3 Å². The number of Topliss-reactive ketones (excluding diaryl/α,β-unsaturated/α-hetero) is 1. The first kappa shape index (κ1) is 10.3. The Hall–Kier alpha value is -1.23. The fourth-order valence-electron chi connectivity index (χ4n) is 2.01. The van der Waals surface area contributed by atoms with Crippen LogP contribution in [0.25, 0.3) is 0 Å². The van der Waals surface area contributed by atoms with Gasteiger partial charge in [-0.1, -0.05) is 6.42 Å². The van der Waals surface area contributed by atoms with Crippen LogP contribution in [0.15, 0.2) is 6.33 Å². The monoisotopic (exact) mass is 208 g/mol. The van der Waals surface area contributed by atoms with Gasteiger partial charge in [-0.05, 0) is 12.8 Å². The Kier molecular flexibility index (Phi) is 2.56. The van der Waals surface area contributed by atoms with Gasteiger partial charge in [-0.25, -0.2) is 4.98 Å². The first-order valence-corrected chi connectivity index (χ1v) is 5.24. The third kappa shape index (κ3) is 1.67. The smallest absolute Gasteiger partial charge is 0.147 e. The summed E-state index contributed by atoms with van der Waals surface area (Å²) in [5, 5.41) is 3.94. The van der Waals surface area contributed by atoms with Gasteiger partial charge >= 0.3 is 0 Å². The van der Waals surface area contributed by atoms with Crippen LogP contribution in [0.1, 0.15) is 25.1 Å². The van der Waals surface area contributed by atoms with Crippen molar-refractivity contribution in [2.75, 3.05) is 6.54 Å². The normalized spacial score (nSPS) is 18.5. The van der Waals surface area contributed by atoms with Crippen molar-refractivity contribution in [3.63, 3.8) is 0 Å². The number of hydrogen-bond acceptors (Lipinski definition) is 4. The molecule has 1 aliphatic carbocycles. The zero-order valence-electron chi connectivity index (χ0n) is 8.94. The molecule has 0 aliphatic heterocycles. The van der Waals surface area contributed by atoms with E-state index in [1.807, 2.05) is 0 Å². The quantitative estimate of drug-likeness (QED) is 0.759. The third-order valence-corrected chi connectivity index (χ3v) is 3.42. The lowest BCUT2D eigenvalue weighted by atomic mass is 9.65. The van der Waals surface area contributed by atoms with Crippen molar-refractivity contribution >= 4 is 5.78 Å². The lowest BCUT2D eigenvalue weighted by Crippen LogP contribution is -2.45. The molecule has 1 heterocycles. The Morgan fingerprint density at radius 1 is 1.67 bits per heavy atom. The molecule has 0 unspecified atom stereocenters. The number of carbonyl (C=O) groups is 1. The highest BCUT2D eigenvalue weighted by Crippen LogP contribution is 2.41. The van der Waals surface area contributed by atoms with E-state index >= 15 is 0 Å². The van der Waals surface area contributed by atoms with E-state index in [1.54, 1.807) is 11.7 Å². The number of nitrogens with zero attached hydrogens (tertiary/aromatic N) is 3. The molecular weight excluding hydrogens is 192 g/mol. The van der Waals surface area contributed by atoms with E-state index < -0.39 is 0 Å². The maximum Gasteiger partial charge on any atom is 0.147 e. The molecule has 5 nitrogen and oxygen atoms in total. The summed E-state index contributed by atoms with van der Waals surface area (Å²) in [6.45, 7) is 0.462. The van der Waals surface area contributed by atoms with Crippen LogP contribution in [0.4, 0.5) is 0 Å². The number of nitrogens with two attached hydrogens (primary N) is 1. The second kappa shape index (κ2) is 3.73. The molecule has 0 radical (unpaired) electrons. The van der Waals surface area contributed by atoms with Crippen LogP contribution in [0.2, 0.25) is 0 Å². The van der Waals surface area contributed by atoms with Gasteiger partial charge < -0.3 is 5.73 Å². The maximum atomic E-state index is 12.0. The molecule has 1 saturated carbocycles. The summed E-state index contributed by atoms with van der Waals surface area (Å²) in [7, 11) is 1.80. The second-order valence-electron chi connectivity index (χ2n) is 4.24. The molecule has 1 aromatic rings. The van der Waals surface area contributed by atoms with Gasteiger partial charge in [0.15, 0.2) is 0 Å². The zero-order chi connectivity index (χ0) is 10.9. The van der Waals surface area contributed by atoms with E-state index in [4.69, 9.17) is 5.73 Å². The number of aromatic nitrogens is 3. The van der Waals surface area contributed by atoms with Crippen LogP contribution in [0, 0.1) is 5.41 Å². The van der Waals surface area contributed by atoms with Crippen molar-refractivity contribution in [2.24, 2.45) is 18.2 Å². The van der Waals surface area contributed by atoms with Gasteiger partial charge in [-0.3, -0.25) is 9.48 Å². The summed E-state index contributed by atoms with van der Waals surface area (Å²) >= 11 is 0. The summed E-state index contributed by atoms with van der Waals surface area (Å²) in [5.74, 6) is 0.937. The lowest BCUT2D eigenvalue weighted by molar-refractivity contribution is -0.132. The van der Waals surface area contributed by atoms with Crippen LogP contribution < -0.4 is 5.73 Å². The SMILES string of the molecule is Cn1ncnc1CC(=O)C1(CN)CCC1. The summed E-state index contributed by atoms with van der Waals surface area (Å²) in [4.78, 5) is 16.1. The van der Waals surface area contributed by atoms with Crippen molar-refractivity contribution in [1.29, 1.82) is 0 Å². The Labute approximate surface area is 88.7 Å². The molecule has 0 atom stereocenters. The summed E-state index contributed by atoms with van der Waals surface area (Å²) in [6.07, 6.45) is 4.80. The van der Waals surface area contributed by atoms with Crippen LogP contribution in [0.3, 0.4) is 0 Å². The van der Waals surface area contributed by atoms with Gasteiger partial charge in [-0.2, -0.15) is 5.10 Å². The summed E-state index contributed by atoms with van der Waals surface area (Å²) in [6, 6.07) is 0. The molecule has 5 heteroatoms. The van der Waals surface area contributed by atoms with Crippen molar-refractivity contribution in [1.82, 2.24) is 14.8 Å². The van der Waals surface area contributed by atoms with Gasteiger partial charge in [0, 0.05) is 19.0 Å². The van der Waals surface area contributed by atoms with Gasteiger partial charge in [0.25, 0.3) is 0 Å². The van der Waals surface area contributed by atoms with E-state index in [9.17, 15) is 4.79 Å². The fraction of sp³-hybridized carbons (Fsp3) is 0.700. The Morgan fingerprint density at radius 2 is 2.40 bits per heavy atom. The van der Waals surface area contributed by atoms with Crippen molar-refractivity contribution in [3.05, 3.63) is 12.2 Å². The van der Waals surface area contributed by atoms with Crippen LogP contribution >= 0.6 is 0 Å². The molecule has 82 valence electrons. The van der Waals surface area contributed by atoms with Gasteiger partial charge in [0.05, 0.1) is 6.42 Å². The number of hydrogen-bond donors (Lipinski definition) is 1. The highest BCUT2D eigenvalue weighted by atomic mass is 16.1. The standard InChI is InChI=1S/C10H16N4O/c1-14-9(12-7-13-14)5-8(15)10(6-11)3-2-4-10/h7H,2-6,11H2,1H3. The Morgan fingerprint density at radius 3 is 2.80 bits per heavy atom. The Bertz CT molecular complexity index is 362. The molecule has 0 amide bonds. The lowest BCUT2D eigenvalue weighted by Gasteiger charge is -2.39. The molecular formula is C10H16N4O. The topological polar surface area (TPSA) is 73.8 Å². The summed E-state index contributed by atoms with van der Waals surface area (Å²) in [5.41, 5.74) is 5.42. The molecule has 15 heavy (non-hydrogen) atoms. The zero-order valence-corrected chi connectivity index (χ0v) is 8.94. The van der Waals surface area contributed by atoms with Gasteiger partial charge in [0.2, 0.25) is 0 Å². The van der Waals surface area contributed by atoms with E-state index in [-0.39, 0.29) is 11.2 Å². The van der Waals surface area contributed by atoms with E-state index in [2.05, 4.69) is 10.1 Å². The van der Waals surface area contributed by atoms with Crippen molar-refractivity contribution in [3.8, 4) is 0 Å². The van der Waals surface area contributed by atoms with E-state index in [1.165, 1.54) is 6.33 Å². The van der Waals surface area contributed by atoms with Crippen LogP contribution in [-0.4, -0.2) is 27.1 Å².